The molecule has 3 N–H and O–H groups in total. The van der Waals surface area contributed by atoms with Gasteiger partial charge in [0.25, 0.3) is 0 Å². The Morgan fingerprint density at radius 1 is 1.27 bits per heavy atom. The molecule has 10 nitrogen and oxygen atoms in total. The first kappa shape index (κ1) is 22.1. The molecule has 11 heteroatoms. The van der Waals surface area contributed by atoms with Crippen molar-refractivity contribution in [1.82, 2.24) is 20.2 Å². The third-order valence-electron chi connectivity index (χ3n) is 7.11. The molecule has 2 aliphatic heterocycles. The fraction of sp³-hybridized carbons (Fsp3) is 0.591. The maximum atomic E-state index is 11.9. The van der Waals surface area contributed by atoms with Gasteiger partial charge in [-0.05, 0) is 51.5 Å². The zero-order chi connectivity index (χ0) is 23.2. The number of carbonyl (C=O) groups is 1. The quantitative estimate of drug-likeness (QED) is 0.595. The SMILES string of the molecule is CCn1ncc2c(NC3CCS(=O)(=O)CC3)c(C3=CC4(CCC(C(=O)O)CC4)ON3)cnc21. The zero-order valence-electron chi connectivity index (χ0n) is 18.6. The summed E-state index contributed by atoms with van der Waals surface area (Å²) in [4.78, 5) is 22.0. The van der Waals surface area contributed by atoms with E-state index in [1.54, 1.807) is 12.4 Å². The minimum atomic E-state index is -2.96. The van der Waals surface area contributed by atoms with E-state index in [0.29, 0.717) is 45.1 Å². The van der Waals surface area contributed by atoms with Crippen LogP contribution in [0, 0.1) is 5.92 Å². The molecule has 3 aliphatic rings. The summed E-state index contributed by atoms with van der Waals surface area (Å²) in [6.07, 6.45) is 9.15. The minimum absolute atomic E-state index is 0.0331. The molecule has 0 radical (unpaired) electrons. The lowest BCUT2D eigenvalue weighted by molar-refractivity contribution is -0.145. The predicted molar refractivity (Wildman–Crippen MR) is 123 cm³/mol. The molecule has 2 fully saturated rings. The van der Waals surface area contributed by atoms with Crippen LogP contribution in [0.3, 0.4) is 0 Å². The van der Waals surface area contributed by atoms with Crippen LogP contribution in [0.4, 0.5) is 5.69 Å². The number of aliphatic carboxylic acids is 1. The van der Waals surface area contributed by atoms with Crippen LogP contribution in [0.5, 0.6) is 0 Å². The third kappa shape index (κ3) is 4.19. The third-order valence-corrected chi connectivity index (χ3v) is 8.83. The maximum absolute atomic E-state index is 11.9. The van der Waals surface area contributed by atoms with Crippen molar-refractivity contribution in [3.8, 4) is 0 Å². The molecule has 0 unspecified atom stereocenters. The van der Waals surface area contributed by atoms with Crippen molar-refractivity contribution in [2.75, 3.05) is 16.8 Å². The summed E-state index contributed by atoms with van der Waals surface area (Å²) < 4.78 is 25.6. The van der Waals surface area contributed by atoms with E-state index in [-0.39, 0.29) is 23.5 Å². The lowest BCUT2D eigenvalue weighted by atomic mass is 9.78. The van der Waals surface area contributed by atoms with Crippen LogP contribution in [-0.2, 0) is 26.0 Å². The summed E-state index contributed by atoms with van der Waals surface area (Å²) in [5.41, 5.74) is 5.79. The number of carboxylic acids is 1. The number of nitrogens with zero attached hydrogens (tertiary/aromatic N) is 3. The second-order valence-corrected chi connectivity index (χ2v) is 11.6. The summed E-state index contributed by atoms with van der Waals surface area (Å²) in [5.74, 6) is -0.710. The first-order chi connectivity index (χ1) is 15.8. The van der Waals surface area contributed by atoms with E-state index in [1.807, 2.05) is 11.6 Å². The van der Waals surface area contributed by atoms with Crippen LogP contribution in [0.25, 0.3) is 16.7 Å². The van der Waals surface area contributed by atoms with Gasteiger partial charge in [0.1, 0.15) is 15.4 Å². The van der Waals surface area contributed by atoms with Gasteiger partial charge in [0.15, 0.2) is 5.65 Å². The molecule has 0 amide bonds. The second-order valence-electron chi connectivity index (χ2n) is 9.25. The highest BCUT2D eigenvalue weighted by Crippen LogP contribution is 2.42. The first-order valence-corrected chi connectivity index (χ1v) is 13.3. The highest BCUT2D eigenvalue weighted by molar-refractivity contribution is 7.91. The topological polar surface area (TPSA) is 135 Å². The van der Waals surface area contributed by atoms with Gasteiger partial charge < -0.3 is 10.4 Å². The highest BCUT2D eigenvalue weighted by atomic mass is 32.2. The number of sulfone groups is 1. The Balaban J connectivity index is 1.48. The lowest BCUT2D eigenvalue weighted by Gasteiger charge is -2.32. The molecule has 4 heterocycles. The number of aryl methyl sites for hydroxylation is 1. The second kappa shape index (κ2) is 8.28. The van der Waals surface area contributed by atoms with Crippen molar-refractivity contribution in [3.63, 3.8) is 0 Å². The summed E-state index contributed by atoms with van der Waals surface area (Å²) in [6.45, 7) is 2.70. The molecule has 0 bridgehead atoms. The molecule has 1 aliphatic carbocycles. The van der Waals surface area contributed by atoms with Gasteiger partial charge in [-0.2, -0.15) is 5.10 Å². The molecule has 1 saturated heterocycles. The fourth-order valence-electron chi connectivity index (χ4n) is 5.07. The van der Waals surface area contributed by atoms with Crippen LogP contribution < -0.4 is 10.8 Å². The normalized spacial score (nSPS) is 22.9. The summed E-state index contributed by atoms with van der Waals surface area (Å²) in [7, 11) is -2.96. The fourth-order valence-corrected chi connectivity index (χ4v) is 6.56. The van der Waals surface area contributed by atoms with Gasteiger partial charge in [-0.25, -0.2) is 18.1 Å². The lowest BCUT2D eigenvalue weighted by Crippen LogP contribution is -2.36. The number of pyridine rings is 1. The standard InChI is InChI=1S/C22H29N5O5S/c1-2-27-20-17(13-24-27)19(25-15-5-9-33(30,31)10-6-15)16(12-23-20)18-11-22(32-26-18)7-3-14(4-8-22)21(28)29/h11-15,26H,2-10H2,1H3,(H,23,25)(H,28,29). The van der Waals surface area contributed by atoms with Crippen LogP contribution >= 0.6 is 0 Å². The number of hydrogen-bond acceptors (Lipinski definition) is 8. The number of aromatic nitrogens is 3. The molecule has 1 saturated carbocycles. The van der Waals surface area contributed by atoms with Crippen molar-refractivity contribution in [1.29, 1.82) is 0 Å². The van der Waals surface area contributed by atoms with Gasteiger partial charge in [0.2, 0.25) is 0 Å². The molecule has 1 spiro atoms. The zero-order valence-corrected chi connectivity index (χ0v) is 19.4. The van der Waals surface area contributed by atoms with E-state index in [2.05, 4.69) is 27.0 Å². The van der Waals surface area contributed by atoms with Gasteiger partial charge in [0, 0.05) is 24.3 Å². The van der Waals surface area contributed by atoms with Crippen molar-refractivity contribution in [2.24, 2.45) is 5.92 Å². The Hall–Kier alpha value is -2.66. The molecule has 0 aromatic carbocycles. The molecule has 2 aromatic heterocycles. The number of hydrogen-bond donors (Lipinski definition) is 3. The number of anilines is 1. The van der Waals surface area contributed by atoms with Crippen LogP contribution in [0.15, 0.2) is 18.5 Å². The largest absolute Gasteiger partial charge is 0.481 e. The highest BCUT2D eigenvalue weighted by Gasteiger charge is 2.41. The predicted octanol–water partition coefficient (Wildman–Crippen LogP) is 2.33. The molecule has 0 atom stereocenters. The Labute approximate surface area is 192 Å². The number of fused-ring (bicyclic) bond motifs is 1. The number of hydroxylamine groups is 1. The minimum Gasteiger partial charge on any atom is -0.481 e. The maximum Gasteiger partial charge on any atom is 0.306 e. The summed E-state index contributed by atoms with van der Waals surface area (Å²) >= 11 is 0. The Kier molecular flexibility index (Phi) is 5.56. The van der Waals surface area contributed by atoms with E-state index in [9.17, 15) is 18.3 Å². The Morgan fingerprint density at radius 2 is 2.00 bits per heavy atom. The van der Waals surface area contributed by atoms with Gasteiger partial charge in [-0.3, -0.25) is 15.1 Å². The molecule has 2 aromatic rings. The van der Waals surface area contributed by atoms with E-state index in [1.165, 1.54) is 0 Å². The van der Waals surface area contributed by atoms with Crippen LogP contribution in [0.2, 0.25) is 0 Å². The monoisotopic (exact) mass is 475 g/mol. The van der Waals surface area contributed by atoms with Crippen LogP contribution in [0.1, 0.15) is 51.0 Å². The molecular formula is C22H29N5O5S. The first-order valence-electron chi connectivity index (χ1n) is 11.5. The Morgan fingerprint density at radius 3 is 2.67 bits per heavy atom. The summed E-state index contributed by atoms with van der Waals surface area (Å²) in [6, 6.07) is 0.0331. The van der Waals surface area contributed by atoms with Crippen molar-refractivity contribution >= 4 is 38.2 Å². The van der Waals surface area contributed by atoms with Crippen molar-refractivity contribution in [3.05, 3.63) is 24.0 Å². The molecule has 5 rings (SSSR count). The average Bonchev–Trinajstić information content (AvgIpc) is 3.40. The summed E-state index contributed by atoms with van der Waals surface area (Å²) in [5, 5.41) is 18.2. The number of nitrogens with one attached hydrogen (secondary N) is 2. The number of carboxylic acid groups (broad SMARTS) is 1. The Bertz CT molecular complexity index is 1200. The van der Waals surface area contributed by atoms with Crippen molar-refractivity contribution in [2.45, 2.75) is 63.6 Å². The van der Waals surface area contributed by atoms with E-state index < -0.39 is 21.4 Å². The van der Waals surface area contributed by atoms with E-state index in [0.717, 1.165) is 28.0 Å². The smallest absolute Gasteiger partial charge is 0.306 e. The molecule has 178 valence electrons. The van der Waals surface area contributed by atoms with Gasteiger partial charge in [-0.15, -0.1) is 0 Å². The van der Waals surface area contributed by atoms with Gasteiger partial charge in [0.05, 0.1) is 40.4 Å². The van der Waals surface area contributed by atoms with E-state index >= 15 is 0 Å². The molecule has 33 heavy (non-hydrogen) atoms. The van der Waals surface area contributed by atoms with Gasteiger partial charge in [-0.1, -0.05) is 0 Å². The van der Waals surface area contributed by atoms with Crippen molar-refractivity contribution < 1.29 is 23.2 Å². The van der Waals surface area contributed by atoms with E-state index in [4.69, 9.17) is 4.84 Å². The van der Waals surface area contributed by atoms with Crippen LogP contribution in [-0.4, -0.2) is 57.4 Å². The number of rotatable bonds is 5. The van der Waals surface area contributed by atoms with Gasteiger partial charge >= 0.3 is 5.97 Å². The molecular weight excluding hydrogens is 446 g/mol. The average molecular weight is 476 g/mol.